The van der Waals surface area contributed by atoms with Crippen molar-refractivity contribution in [1.29, 1.82) is 0 Å². The number of rotatable bonds is 3. The molecule has 30 heavy (non-hydrogen) atoms. The topological polar surface area (TPSA) is 50.6 Å². The fraction of sp³-hybridized carbons (Fsp3) is 0.500. The molecule has 6 nitrogen and oxygen atoms in total. The number of benzene rings is 1. The number of fused-ring (bicyclic) bond motifs is 1. The van der Waals surface area contributed by atoms with Crippen LogP contribution in [0.4, 0.5) is 29.3 Å². The molecule has 4 rings (SSSR count). The predicted octanol–water partition coefficient (Wildman–Crippen LogP) is 3.12. The average Bonchev–Trinajstić information content (AvgIpc) is 2.73. The highest BCUT2D eigenvalue weighted by atomic mass is 19.4. The lowest BCUT2D eigenvalue weighted by Crippen LogP contribution is -2.53. The van der Waals surface area contributed by atoms with Crippen LogP contribution in [0, 0.1) is 5.82 Å². The number of ether oxygens (including phenoxy) is 1. The minimum absolute atomic E-state index is 0.0191. The van der Waals surface area contributed by atoms with E-state index < -0.39 is 29.6 Å². The number of hydrogen-bond acceptors (Lipinski definition) is 5. The van der Waals surface area contributed by atoms with E-state index in [1.165, 1.54) is 34.9 Å². The summed E-state index contributed by atoms with van der Waals surface area (Å²) in [7, 11) is 0. The minimum Gasteiger partial charge on any atom is -0.378 e. The Bertz CT molecular complexity index is 955. The van der Waals surface area contributed by atoms with Gasteiger partial charge < -0.3 is 14.5 Å². The third-order valence-corrected chi connectivity index (χ3v) is 5.65. The molecule has 0 spiro atoms. The van der Waals surface area contributed by atoms with E-state index in [2.05, 4.69) is 4.98 Å². The first kappa shape index (κ1) is 20.6. The normalized spacial score (nSPS) is 20.8. The van der Waals surface area contributed by atoms with Gasteiger partial charge in [0.25, 0.3) is 5.56 Å². The van der Waals surface area contributed by atoms with Gasteiger partial charge in [0.15, 0.2) is 0 Å². The zero-order valence-corrected chi connectivity index (χ0v) is 16.4. The van der Waals surface area contributed by atoms with Gasteiger partial charge in [0, 0.05) is 25.7 Å². The molecule has 2 aliphatic heterocycles. The average molecular weight is 426 g/mol. The van der Waals surface area contributed by atoms with Crippen molar-refractivity contribution in [2.75, 3.05) is 36.1 Å². The molecule has 10 heteroatoms. The first-order valence-electron chi connectivity index (χ1n) is 9.81. The largest absolute Gasteiger partial charge is 0.408 e. The van der Waals surface area contributed by atoms with Crippen LogP contribution in [0.3, 0.4) is 0 Å². The minimum atomic E-state index is -4.51. The number of morpholine rings is 1. The summed E-state index contributed by atoms with van der Waals surface area (Å²) in [6.45, 7) is 3.47. The number of aromatic nitrogens is 2. The molecular formula is C20H22F4N4O2. The van der Waals surface area contributed by atoms with Gasteiger partial charge in [0.1, 0.15) is 17.7 Å². The lowest BCUT2D eigenvalue weighted by molar-refractivity contribution is -0.154. The zero-order valence-electron chi connectivity index (χ0n) is 16.4. The van der Waals surface area contributed by atoms with E-state index >= 15 is 0 Å². The Labute approximate surface area is 170 Å². The van der Waals surface area contributed by atoms with Crippen molar-refractivity contribution < 1.29 is 22.3 Å². The van der Waals surface area contributed by atoms with Crippen LogP contribution in [0.25, 0.3) is 0 Å². The molecular weight excluding hydrogens is 404 g/mol. The van der Waals surface area contributed by atoms with Crippen LogP contribution in [0.15, 0.2) is 35.1 Å². The third kappa shape index (κ3) is 3.88. The maximum Gasteiger partial charge on any atom is 0.408 e. The van der Waals surface area contributed by atoms with Crippen molar-refractivity contribution >= 4 is 11.8 Å². The molecule has 0 N–H and O–H groups in total. The van der Waals surface area contributed by atoms with E-state index in [4.69, 9.17) is 4.74 Å². The van der Waals surface area contributed by atoms with Crippen LogP contribution in [0.1, 0.15) is 24.9 Å². The maximum absolute atomic E-state index is 13.9. The maximum atomic E-state index is 13.9. The van der Waals surface area contributed by atoms with Crippen molar-refractivity contribution in [2.45, 2.75) is 38.1 Å². The lowest BCUT2D eigenvalue weighted by Gasteiger charge is -2.43. The summed E-state index contributed by atoms with van der Waals surface area (Å²) in [5.41, 5.74) is 0.114. The standard InChI is InChI=1S/C20H22F4N4O2/c1-13(14-2-4-15(21)5-3-14)28-16(20(22,23)24)6-7-27-18(29)12-17(25-19(27)28)26-8-10-30-11-9-26/h2-5,12-13,16H,6-11H2,1H3. The molecule has 0 radical (unpaired) electrons. The third-order valence-electron chi connectivity index (χ3n) is 5.65. The second-order valence-corrected chi connectivity index (χ2v) is 7.48. The number of halogens is 4. The van der Waals surface area contributed by atoms with Gasteiger partial charge in [-0.25, -0.2) is 4.39 Å². The van der Waals surface area contributed by atoms with E-state index in [1.54, 1.807) is 6.92 Å². The van der Waals surface area contributed by atoms with Gasteiger partial charge in [-0.15, -0.1) is 0 Å². The van der Waals surface area contributed by atoms with Gasteiger partial charge in [-0.2, -0.15) is 18.2 Å². The van der Waals surface area contributed by atoms with Crippen LogP contribution in [0.5, 0.6) is 0 Å². The predicted molar refractivity (Wildman–Crippen MR) is 103 cm³/mol. The van der Waals surface area contributed by atoms with E-state index in [-0.39, 0.29) is 18.9 Å². The Morgan fingerprint density at radius 1 is 1.13 bits per heavy atom. The number of hydrogen-bond donors (Lipinski definition) is 0. The first-order valence-corrected chi connectivity index (χ1v) is 9.81. The molecule has 1 saturated heterocycles. The second-order valence-electron chi connectivity index (χ2n) is 7.48. The van der Waals surface area contributed by atoms with E-state index in [1.807, 2.05) is 4.90 Å². The van der Waals surface area contributed by atoms with E-state index in [0.29, 0.717) is 37.7 Å². The van der Waals surface area contributed by atoms with E-state index in [0.717, 1.165) is 4.90 Å². The molecule has 0 aliphatic carbocycles. The molecule has 0 bridgehead atoms. The molecule has 2 unspecified atom stereocenters. The number of nitrogens with zero attached hydrogens (tertiary/aromatic N) is 4. The molecule has 2 aromatic rings. The number of alkyl halides is 3. The summed E-state index contributed by atoms with van der Waals surface area (Å²) >= 11 is 0. The van der Waals surface area contributed by atoms with Crippen LogP contribution in [-0.2, 0) is 11.3 Å². The summed E-state index contributed by atoms with van der Waals surface area (Å²) in [4.78, 5) is 20.2. The van der Waals surface area contributed by atoms with Crippen LogP contribution >= 0.6 is 0 Å². The smallest absolute Gasteiger partial charge is 0.378 e. The van der Waals surface area contributed by atoms with Crippen LogP contribution in [-0.4, -0.2) is 48.1 Å². The van der Waals surface area contributed by atoms with Crippen molar-refractivity contribution in [3.8, 4) is 0 Å². The quantitative estimate of drug-likeness (QED) is 0.706. The first-order chi connectivity index (χ1) is 14.3. The van der Waals surface area contributed by atoms with Gasteiger partial charge in [-0.1, -0.05) is 12.1 Å². The summed E-state index contributed by atoms with van der Waals surface area (Å²) in [5.74, 6) is -0.149. The zero-order chi connectivity index (χ0) is 21.5. The Kier molecular flexibility index (Phi) is 5.44. The fourth-order valence-corrected chi connectivity index (χ4v) is 4.04. The molecule has 2 aliphatic rings. The summed E-state index contributed by atoms with van der Waals surface area (Å²) in [5, 5.41) is 0. The van der Waals surface area contributed by atoms with Gasteiger partial charge >= 0.3 is 6.18 Å². The molecule has 162 valence electrons. The molecule has 0 amide bonds. The van der Waals surface area contributed by atoms with Gasteiger partial charge in [-0.3, -0.25) is 9.36 Å². The van der Waals surface area contributed by atoms with Crippen molar-refractivity contribution in [3.63, 3.8) is 0 Å². The Hall–Kier alpha value is -2.62. The highest BCUT2D eigenvalue weighted by Gasteiger charge is 2.48. The summed E-state index contributed by atoms with van der Waals surface area (Å²) < 4.78 is 61.7. The molecule has 3 heterocycles. The van der Waals surface area contributed by atoms with E-state index in [9.17, 15) is 22.4 Å². The lowest BCUT2D eigenvalue weighted by atomic mass is 10.0. The van der Waals surface area contributed by atoms with Gasteiger partial charge in [-0.05, 0) is 31.0 Å². The Morgan fingerprint density at radius 3 is 2.43 bits per heavy atom. The molecule has 1 aromatic heterocycles. The Balaban J connectivity index is 1.81. The van der Waals surface area contributed by atoms with Crippen LogP contribution < -0.4 is 15.4 Å². The van der Waals surface area contributed by atoms with Crippen molar-refractivity contribution in [1.82, 2.24) is 9.55 Å². The van der Waals surface area contributed by atoms with Gasteiger partial charge in [0.2, 0.25) is 5.95 Å². The second kappa shape index (κ2) is 7.90. The summed E-state index contributed by atoms with van der Waals surface area (Å²) in [6.07, 6.45) is -4.77. The SMILES string of the molecule is CC(c1ccc(F)cc1)N1c2nc(N3CCOCC3)cc(=O)n2CCC1C(F)(F)F. The van der Waals surface area contributed by atoms with Crippen molar-refractivity contribution in [3.05, 3.63) is 52.1 Å². The molecule has 2 atom stereocenters. The summed E-state index contributed by atoms with van der Waals surface area (Å²) in [6, 6.07) is 4.13. The fourth-order valence-electron chi connectivity index (χ4n) is 4.04. The van der Waals surface area contributed by atoms with Crippen molar-refractivity contribution in [2.24, 2.45) is 0 Å². The highest BCUT2D eigenvalue weighted by molar-refractivity contribution is 5.48. The molecule has 1 aromatic carbocycles. The Morgan fingerprint density at radius 2 is 1.80 bits per heavy atom. The molecule has 1 fully saturated rings. The number of anilines is 2. The molecule has 0 saturated carbocycles. The highest BCUT2D eigenvalue weighted by Crippen LogP contribution is 2.39. The van der Waals surface area contributed by atoms with Gasteiger partial charge in [0.05, 0.1) is 19.3 Å². The monoisotopic (exact) mass is 426 g/mol. The van der Waals surface area contributed by atoms with Crippen LogP contribution in [0.2, 0.25) is 0 Å².